The topological polar surface area (TPSA) is 21.7 Å². The van der Waals surface area contributed by atoms with Crippen molar-refractivity contribution in [2.45, 2.75) is 25.6 Å². The van der Waals surface area contributed by atoms with Crippen LogP contribution < -0.4 is 4.74 Å². The van der Waals surface area contributed by atoms with E-state index < -0.39 is 0 Å². The Kier molecular flexibility index (Phi) is 5.34. The van der Waals surface area contributed by atoms with Crippen LogP contribution in [0.1, 0.15) is 12.5 Å². The summed E-state index contributed by atoms with van der Waals surface area (Å²) in [5.74, 6) is 1.39. The minimum absolute atomic E-state index is 0.100. The minimum atomic E-state index is 0.100. The van der Waals surface area contributed by atoms with Gasteiger partial charge >= 0.3 is 0 Å². The number of rotatable bonds is 4. The highest BCUT2D eigenvalue weighted by Gasteiger charge is 2.26. The number of halogens is 2. The summed E-state index contributed by atoms with van der Waals surface area (Å²) in [6.07, 6.45) is 0.100. The lowest BCUT2D eigenvalue weighted by molar-refractivity contribution is -0.0512. The zero-order valence-corrected chi connectivity index (χ0v) is 12.7. The van der Waals surface area contributed by atoms with Gasteiger partial charge in [-0.05, 0) is 25.1 Å². The second-order valence-electron chi connectivity index (χ2n) is 4.84. The predicted octanol–water partition coefficient (Wildman–Crippen LogP) is 3.18. The van der Waals surface area contributed by atoms with Gasteiger partial charge in [0.15, 0.2) is 0 Å². The van der Waals surface area contributed by atoms with Crippen molar-refractivity contribution in [1.29, 1.82) is 0 Å². The van der Waals surface area contributed by atoms with E-state index >= 15 is 0 Å². The van der Waals surface area contributed by atoms with Gasteiger partial charge in [0.25, 0.3) is 0 Å². The first kappa shape index (κ1) is 14.9. The van der Waals surface area contributed by atoms with Gasteiger partial charge in [-0.25, -0.2) is 0 Å². The molecule has 0 aliphatic carbocycles. The molecule has 19 heavy (non-hydrogen) atoms. The minimum Gasteiger partial charge on any atom is -0.496 e. The first-order chi connectivity index (χ1) is 9.13. The number of hydrogen-bond donors (Lipinski definition) is 0. The van der Waals surface area contributed by atoms with Crippen molar-refractivity contribution in [1.82, 2.24) is 4.90 Å². The quantitative estimate of drug-likeness (QED) is 0.798. The average Bonchev–Trinajstić information content (AvgIpc) is 2.41. The molecule has 2 unspecified atom stereocenters. The zero-order valence-electron chi connectivity index (χ0n) is 11.2. The summed E-state index contributed by atoms with van der Waals surface area (Å²) < 4.78 is 11.0. The van der Waals surface area contributed by atoms with Crippen LogP contribution in [-0.4, -0.2) is 43.2 Å². The molecule has 1 aromatic rings. The lowest BCUT2D eigenvalue weighted by atomic mass is 10.1. The highest BCUT2D eigenvalue weighted by Crippen LogP contribution is 2.26. The van der Waals surface area contributed by atoms with Crippen LogP contribution >= 0.6 is 23.2 Å². The zero-order chi connectivity index (χ0) is 13.8. The number of alkyl halides is 1. The Balaban J connectivity index is 2.12. The van der Waals surface area contributed by atoms with Crippen molar-refractivity contribution in [3.05, 3.63) is 28.8 Å². The van der Waals surface area contributed by atoms with Crippen molar-refractivity contribution in [3.63, 3.8) is 0 Å². The third-order valence-corrected chi connectivity index (χ3v) is 4.00. The molecule has 3 nitrogen and oxygen atoms in total. The van der Waals surface area contributed by atoms with Crippen LogP contribution in [0.5, 0.6) is 5.75 Å². The molecule has 1 heterocycles. The summed E-state index contributed by atoms with van der Waals surface area (Å²) in [4.78, 5) is 2.35. The van der Waals surface area contributed by atoms with E-state index in [9.17, 15) is 0 Å². The number of ether oxygens (including phenoxy) is 2. The van der Waals surface area contributed by atoms with Crippen LogP contribution in [0, 0.1) is 0 Å². The Labute approximate surface area is 124 Å². The smallest absolute Gasteiger partial charge is 0.123 e. The molecule has 2 rings (SSSR count). The van der Waals surface area contributed by atoms with Gasteiger partial charge in [0.05, 0.1) is 19.8 Å². The van der Waals surface area contributed by atoms with E-state index in [0.29, 0.717) is 18.5 Å². The van der Waals surface area contributed by atoms with E-state index in [1.54, 1.807) is 7.11 Å². The number of benzene rings is 1. The van der Waals surface area contributed by atoms with E-state index in [2.05, 4.69) is 11.8 Å². The van der Waals surface area contributed by atoms with Gasteiger partial charge in [0.2, 0.25) is 0 Å². The Morgan fingerprint density at radius 3 is 2.95 bits per heavy atom. The fourth-order valence-corrected chi connectivity index (χ4v) is 2.66. The summed E-state index contributed by atoms with van der Waals surface area (Å²) in [5, 5.41) is 0.727. The average molecular weight is 304 g/mol. The normalized spacial score (nSPS) is 24.4. The Hall–Kier alpha value is -0.480. The van der Waals surface area contributed by atoms with Crippen LogP contribution in [0.4, 0.5) is 0 Å². The van der Waals surface area contributed by atoms with Crippen molar-refractivity contribution in [2.24, 2.45) is 0 Å². The Morgan fingerprint density at radius 1 is 1.47 bits per heavy atom. The maximum absolute atomic E-state index is 6.06. The van der Waals surface area contributed by atoms with Gasteiger partial charge < -0.3 is 9.47 Å². The van der Waals surface area contributed by atoms with Gasteiger partial charge in [0.1, 0.15) is 5.75 Å². The first-order valence-corrected chi connectivity index (χ1v) is 7.29. The fourth-order valence-electron chi connectivity index (χ4n) is 2.28. The molecule has 0 amide bonds. The van der Waals surface area contributed by atoms with Gasteiger partial charge in [-0.3, -0.25) is 4.90 Å². The highest BCUT2D eigenvalue weighted by atomic mass is 35.5. The molecule has 1 saturated heterocycles. The fraction of sp³-hybridized carbons (Fsp3) is 0.571. The van der Waals surface area contributed by atoms with E-state index in [4.69, 9.17) is 32.7 Å². The molecule has 1 aliphatic heterocycles. The van der Waals surface area contributed by atoms with Crippen LogP contribution in [0.15, 0.2) is 18.2 Å². The predicted molar refractivity (Wildman–Crippen MR) is 78.3 cm³/mol. The largest absolute Gasteiger partial charge is 0.496 e. The Bertz CT molecular complexity index is 428. The van der Waals surface area contributed by atoms with Crippen LogP contribution in [0.2, 0.25) is 5.02 Å². The SMILES string of the molecule is COc1ccc(Cl)cc1CN1CC(CCl)OCC1C. The molecule has 0 spiro atoms. The summed E-state index contributed by atoms with van der Waals surface area (Å²) in [7, 11) is 1.68. The molecule has 106 valence electrons. The van der Waals surface area contributed by atoms with Gasteiger partial charge in [-0.1, -0.05) is 11.6 Å². The van der Waals surface area contributed by atoms with Gasteiger partial charge in [0, 0.05) is 35.6 Å². The van der Waals surface area contributed by atoms with E-state index in [0.717, 1.165) is 29.4 Å². The molecule has 1 fully saturated rings. The standard InChI is InChI=1S/C14H19Cl2NO2/c1-10-9-19-13(6-15)8-17(10)7-11-5-12(16)3-4-14(11)18-2/h3-5,10,13H,6-9H2,1-2H3. The van der Waals surface area contributed by atoms with Crippen molar-refractivity contribution >= 4 is 23.2 Å². The number of morpholine rings is 1. The lowest BCUT2D eigenvalue weighted by Gasteiger charge is -2.37. The Morgan fingerprint density at radius 2 is 2.26 bits per heavy atom. The maximum atomic E-state index is 6.06. The molecule has 0 saturated carbocycles. The van der Waals surface area contributed by atoms with Crippen molar-refractivity contribution < 1.29 is 9.47 Å². The second kappa shape index (κ2) is 6.80. The number of nitrogens with zero attached hydrogens (tertiary/aromatic N) is 1. The lowest BCUT2D eigenvalue weighted by Crippen LogP contribution is -2.48. The summed E-state index contributed by atoms with van der Waals surface area (Å²) in [6.45, 7) is 4.49. The molecule has 1 aromatic carbocycles. The van der Waals surface area contributed by atoms with Crippen molar-refractivity contribution in [2.75, 3.05) is 26.1 Å². The molecule has 1 aliphatic rings. The second-order valence-corrected chi connectivity index (χ2v) is 5.59. The molecule has 0 radical (unpaired) electrons. The molecule has 0 aromatic heterocycles. The summed E-state index contributed by atoms with van der Waals surface area (Å²) >= 11 is 11.9. The molecule has 5 heteroatoms. The third-order valence-electron chi connectivity index (χ3n) is 3.42. The summed E-state index contributed by atoms with van der Waals surface area (Å²) in [5.41, 5.74) is 1.09. The molecular formula is C14H19Cl2NO2. The maximum Gasteiger partial charge on any atom is 0.123 e. The van der Waals surface area contributed by atoms with Gasteiger partial charge in [-0.2, -0.15) is 0 Å². The van der Waals surface area contributed by atoms with Crippen molar-refractivity contribution in [3.8, 4) is 5.75 Å². The number of methoxy groups -OCH3 is 1. The van der Waals surface area contributed by atoms with Crippen LogP contribution in [-0.2, 0) is 11.3 Å². The van der Waals surface area contributed by atoms with Crippen LogP contribution in [0.25, 0.3) is 0 Å². The van der Waals surface area contributed by atoms with Crippen LogP contribution in [0.3, 0.4) is 0 Å². The summed E-state index contributed by atoms with van der Waals surface area (Å²) in [6, 6.07) is 6.07. The highest BCUT2D eigenvalue weighted by molar-refractivity contribution is 6.30. The van der Waals surface area contributed by atoms with E-state index in [-0.39, 0.29) is 6.10 Å². The molecule has 0 N–H and O–H groups in total. The molecular weight excluding hydrogens is 285 g/mol. The van der Waals surface area contributed by atoms with Gasteiger partial charge in [-0.15, -0.1) is 11.6 Å². The molecule has 2 atom stereocenters. The molecule has 0 bridgehead atoms. The van der Waals surface area contributed by atoms with E-state index in [1.165, 1.54) is 0 Å². The monoisotopic (exact) mass is 303 g/mol. The first-order valence-electron chi connectivity index (χ1n) is 6.38. The number of hydrogen-bond acceptors (Lipinski definition) is 3. The van der Waals surface area contributed by atoms with E-state index in [1.807, 2.05) is 18.2 Å². The third kappa shape index (κ3) is 3.76.